The zero-order valence-electron chi connectivity index (χ0n) is 11.2. The number of carbonyl (C=O) groups is 2. The maximum Gasteiger partial charge on any atom is 0.254 e. The van der Waals surface area contributed by atoms with E-state index >= 15 is 0 Å². The predicted octanol–water partition coefficient (Wildman–Crippen LogP) is 1.38. The number of amides is 2. The van der Waals surface area contributed by atoms with Gasteiger partial charge in [0.15, 0.2) is 0 Å². The smallest absolute Gasteiger partial charge is 0.254 e. The second-order valence-corrected chi connectivity index (χ2v) is 5.72. The van der Waals surface area contributed by atoms with Gasteiger partial charge < -0.3 is 9.80 Å². The number of benzene rings is 1. The highest BCUT2D eigenvalue weighted by Crippen LogP contribution is 2.23. The third-order valence-corrected chi connectivity index (χ3v) is 4.32. The monoisotopic (exact) mass is 292 g/mol. The third kappa shape index (κ3) is 2.40. The summed E-state index contributed by atoms with van der Waals surface area (Å²) in [5.74, 6) is 0.534. The van der Waals surface area contributed by atoms with Crippen molar-refractivity contribution in [2.24, 2.45) is 5.92 Å². The molecule has 2 aliphatic rings. The Morgan fingerprint density at radius 3 is 2.80 bits per heavy atom. The van der Waals surface area contributed by atoms with Crippen molar-refractivity contribution in [3.63, 3.8) is 0 Å². The molecule has 2 aliphatic heterocycles. The minimum absolute atomic E-state index is 0.0155. The number of fused-ring (bicyclic) bond motifs is 1. The lowest BCUT2D eigenvalue weighted by atomic mass is 9.95. The fraction of sp³-hybridized carbons (Fsp3) is 0.467. The van der Waals surface area contributed by atoms with E-state index in [-0.39, 0.29) is 17.7 Å². The molecule has 3 rings (SSSR count). The topological polar surface area (TPSA) is 40.6 Å². The fourth-order valence-electron chi connectivity index (χ4n) is 2.93. The highest BCUT2D eigenvalue weighted by Gasteiger charge is 2.33. The van der Waals surface area contributed by atoms with Gasteiger partial charge in [-0.1, -0.05) is 18.2 Å². The van der Waals surface area contributed by atoms with Gasteiger partial charge in [-0.15, -0.1) is 11.6 Å². The van der Waals surface area contributed by atoms with E-state index in [0.717, 1.165) is 43.7 Å². The fourth-order valence-corrected chi connectivity index (χ4v) is 3.10. The first-order valence-electron chi connectivity index (χ1n) is 6.90. The number of likely N-dealkylation sites (tertiary alicyclic amines) is 1. The summed E-state index contributed by atoms with van der Waals surface area (Å²) in [5.41, 5.74) is 1.97. The van der Waals surface area contributed by atoms with E-state index < -0.39 is 0 Å². The maximum atomic E-state index is 12.4. The number of hydrogen-bond donors (Lipinski definition) is 0. The van der Waals surface area contributed by atoms with Crippen LogP contribution in [0.2, 0.25) is 0 Å². The van der Waals surface area contributed by atoms with Crippen molar-refractivity contribution in [2.45, 2.75) is 6.42 Å². The van der Waals surface area contributed by atoms with Gasteiger partial charge in [0, 0.05) is 37.7 Å². The maximum absolute atomic E-state index is 12.4. The average molecular weight is 293 g/mol. The van der Waals surface area contributed by atoms with E-state index in [1.165, 1.54) is 0 Å². The Hall–Kier alpha value is -1.55. The minimum Gasteiger partial charge on any atom is -0.341 e. The lowest BCUT2D eigenvalue weighted by molar-refractivity contribution is -0.134. The van der Waals surface area contributed by atoms with Crippen molar-refractivity contribution < 1.29 is 9.59 Å². The summed E-state index contributed by atoms with van der Waals surface area (Å²) in [4.78, 5) is 27.4. The number of carbonyl (C=O) groups excluding carboxylic acids is 2. The van der Waals surface area contributed by atoms with Crippen molar-refractivity contribution in [3.8, 4) is 0 Å². The number of alkyl halides is 1. The highest BCUT2D eigenvalue weighted by atomic mass is 35.5. The third-order valence-electron chi connectivity index (χ3n) is 4.09. The molecule has 0 bridgehead atoms. The van der Waals surface area contributed by atoms with Gasteiger partial charge in [-0.25, -0.2) is 0 Å². The summed E-state index contributed by atoms with van der Waals surface area (Å²) in [5, 5.41) is 0. The highest BCUT2D eigenvalue weighted by molar-refractivity contribution is 6.27. The lowest BCUT2D eigenvalue weighted by Gasteiger charge is -2.42. The zero-order chi connectivity index (χ0) is 14.1. The van der Waals surface area contributed by atoms with E-state index in [9.17, 15) is 9.59 Å². The average Bonchev–Trinajstić information content (AvgIpc) is 2.44. The Labute approximate surface area is 123 Å². The predicted molar refractivity (Wildman–Crippen MR) is 76.8 cm³/mol. The minimum atomic E-state index is -0.0155. The van der Waals surface area contributed by atoms with E-state index in [0.29, 0.717) is 5.92 Å². The molecule has 0 atom stereocenters. The Balaban J connectivity index is 1.59. The van der Waals surface area contributed by atoms with Crippen molar-refractivity contribution in [1.29, 1.82) is 0 Å². The van der Waals surface area contributed by atoms with Gasteiger partial charge >= 0.3 is 0 Å². The van der Waals surface area contributed by atoms with Crippen LogP contribution >= 0.6 is 11.6 Å². The standard InChI is InChI=1S/C15H17ClN2O2/c16-7-14(19)18-9-11(10-18)8-17-6-5-12-3-1-2-4-13(12)15(17)20/h1-4,11H,5-10H2. The first-order chi connectivity index (χ1) is 9.69. The SMILES string of the molecule is O=C(CCl)N1CC(CN2CCc3ccccc3C2=O)C1. The molecule has 2 amide bonds. The van der Waals surface area contributed by atoms with Crippen LogP contribution in [0.4, 0.5) is 0 Å². The molecule has 106 valence electrons. The van der Waals surface area contributed by atoms with Gasteiger partial charge in [0.05, 0.1) is 0 Å². The molecule has 0 unspecified atom stereocenters. The summed E-state index contributed by atoms with van der Waals surface area (Å²) >= 11 is 5.52. The number of halogens is 1. The molecule has 1 saturated heterocycles. The van der Waals surface area contributed by atoms with Crippen molar-refractivity contribution in [1.82, 2.24) is 9.80 Å². The van der Waals surface area contributed by atoms with Gasteiger partial charge in [-0.2, -0.15) is 0 Å². The summed E-state index contributed by atoms with van der Waals surface area (Å²) < 4.78 is 0. The molecule has 5 heteroatoms. The normalized spacial score (nSPS) is 18.8. The molecule has 0 aromatic heterocycles. The number of nitrogens with zero attached hydrogens (tertiary/aromatic N) is 2. The number of hydrogen-bond acceptors (Lipinski definition) is 2. The lowest BCUT2D eigenvalue weighted by Crippen LogP contribution is -2.55. The van der Waals surface area contributed by atoms with E-state index in [1.807, 2.05) is 29.2 Å². The second kappa shape index (κ2) is 5.44. The van der Waals surface area contributed by atoms with Gasteiger partial charge in [-0.3, -0.25) is 9.59 Å². The Kier molecular flexibility index (Phi) is 3.66. The molecule has 1 fully saturated rings. The van der Waals surface area contributed by atoms with Crippen LogP contribution < -0.4 is 0 Å². The van der Waals surface area contributed by atoms with Crippen molar-refractivity contribution >= 4 is 23.4 Å². The van der Waals surface area contributed by atoms with Crippen LogP contribution in [0.3, 0.4) is 0 Å². The molecule has 0 spiro atoms. The second-order valence-electron chi connectivity index (χ2n) is 5.46. The van der Waals surface area contributed by atoms with Crippen molar-refractivity contribution in [3.05, 3.63) is 35.4 Å². The zero-order valence-corrected chi connectivity index (χ0v) is 12.0. The molecule has 4 nitrogen and oxygen atoms in total. The Bertz CT molecular complexity index is 540. The van der Waals surface area contributed by atoms with Crippen LogP contribution in [0.1, 0.15) is 15.9 Å². The summed E-state index contributed by atoms with van der Waals surface area (Å²) in [6.45, 7) is 2.95. The van der Waals surface area contributed by atoms with Gasteiger partial charge in [0.2, 0.25) is 5.91 Å². The van der Waals surface area contributed by atoms with E-state index in [4.69, 9.17) is 11.6 Å². The van der Waals surface area contributed by atoms with Gasteiger partial charge in [0.25, 0.3) is 5.91 Å². The van der Waals surface area contributed by atoms with Gasteiger partial charge in [-0.05, 0) is 18.1 Å². The molecule has 2 heterocycles. The van der Waals surface area contributed by atoms with Crippen LogP contribution in [0.15, 0.2) is 24.3 Å². The quantitative estimate of drug-likeness (QED) is 0.790. The largest absolute Gasteiger partial charge is 0.341 e. The van der Waals surface area contributed by atoms with Crippen LogP contribution in [0.25, 0.3) is 0 Å². The molecule has 0 aliphatic carbocycles. The van der Waals surface area contributed by atoms with Crippen LogP contribution in [0, 0.1) is 5.92 Å². The van der Waals surface area contributed by atoms with Crippen LogP contribution in [-0.4, -0.2) is 53.7 Å². The van der Waals surface area contributed by atoms with Gasteiger partial charge in [0.1, 0.15) is 5.88 Å². The Morgan fingerprint density at radius 2 is 2.05 bits per heavy atom. The molecule has 0 saturated carbocycles. The molecule has 1 aromatic carbocycles. The summed E-state index contributed by atoms with van der Waals surface area (Å²) in [6, 6.07) is 7.80. The molecular formula is C15H17ClN2O2. The molecular weight excluding hydrogens is 276 g/mol. The molecule has 0 radical (unpaired) electrons. The van der Waals surface area contributed by atoms with E-state index in [1.54, 1.807) is 4.90 Å². The van der Waals surface area contributed by atoms with E-state index in [2.05, 4.69) is 0 Å². The first kappa shape index (κ1) is 13.4. The first-order valence-corrected chi connectivity index (χ1v) is 7.43. The van der Waals surface area contributed by atoms with Crippen LogP contribution in [-0.2, 0) is 11.2 Å². The number of rotatable bonds is 3. The van der Waals surface area contributed by atoms with Crippen LogP contribution in [0.5, 0.6) is 0 Å². The molecule has 20 heavy (non-hydrogen) atoms. The summed E-state index contributed by atoms with van der Waals surface area (Å²) in [6.07, 6.45) is 0.916. The summed E-state index contributed by atoms with van der Waals surface area (Å²) in [7, 11) is 0. The van der Waals surface area contributed by atoms with Crippen molar-refractivity contribution in [2.75, 3.05) is 32.1 Å². The Morgan fingerprint density at radius 1 is 1.30 bits per heavy atom. The molecule has 1 aromatic rings. The molecule has 0 N–H and O–H groups in total.